The zero-order chi connectivity index (χ0) is 55.7. The van der Waals surface area contributed by atoms with E-state index in [-0.39, 0.29) is 82.3 Å². The third kappa shape index (κ3) is 30.6. The van der Waals surface area contributed by atoms with Crippen LogP contribution in [0.4, 0.5) is 21.2 Å². The van der Waals surface area contributed by atoms with Crippen molar-refractivity contribution < 1.29 is 93.4 Å². The molecule has 1 radical (unpaired) electrons. The largest absolute Gasteiger partial charge is 0.481 e. The Morgan fingerprint density at radius 2 is 1.09 bits per heavy atom. The third-order valence-corrected chi connectivity index (χ3v) is 9.49. The van der Waals surface area contributed by atoms with Crippen LogP contribution in [0, 0.1) is 45.0 Å². The Bertz CT molecular complexity index is 2310. The maximum atomic E-state index is 12.8. The van der Waals surface area contributed by atoms with Crippen LogP contribution < -0.4 is 21.3 Å². The number of carbonyl (C=O) groups is 6. The number of carbonyl (C=O) groups excluding carboxylic acids is 5. The number of anilines is 2. The molecule has 3 amide bonds. The van der Waals surface area contributed by atoms with E-state index < -0.39 is 52.7 Å². The molecule has 0 fully saturated rings. The standard InChI is InChI=1S/C26H35N3O6.C15H22N2O4.C11H13ClO3.BH2.H3N.U/c1-19-13-14-27-22(16-19)29(25(32)35-26(2,3)4)15-9-12-23(30)28-21(24(31)33-5)18-34-17-20-10-7-6-8-11-20;1-11-7-8-16-12(10-11)17(9-5-6-13(18)19)14(20)21-15(2,3)4;1-14-11(13)10(12)8-15-7-9-5-3-2-4-6-9;;;/h6-8,10-11,13-14,16,21H,9,12,15,17-18H2,1-5H3,(H,28,30);7-8,10H,5-6,9H2,1-4H3,(H,18,19);2-6,10H,7-8H2,1H3;1H2;1H3;/t21-;;10-;;;/m0.0.../s1/i;;;1T2;;. The SMILES string of the molecule is COC(=O)[C@@H](Cl)COCc1ccccc1.COC(=O)[C@H](COCc1ccccc1)NC(=O)CCCN(C(=O)OC(C)(C)C)c1cc(C)ccn1.Cc1ccnc(N(CCCC(=O)O)C(=O)OC(C)(C)C)c1.N.[3H][B][3H].[U]. The molecule has 0 aliphatic heterocycles. The Morgan fingerprint density at radius 3 is 1.47 bits per heavy atom. The first-order valence-corrected chi connectivity index (χ1v) is 23.4. The monoisotopic (exact) mass is 1280 g/mol. The van der Waals surface area contributed by atoms with Crippen LogP contribution >= 0.6 is 11.6 Å². The van der Waals surface area contributed by atoms with E-state index in [2.05, 4.69) is 20.0 Å². The molecule has 5 N–H and O–H groups in total. The number of aromatic nitrogens is 2. The summed E-state index contributed by atoms with van der Waals surface area (Å²) in [6, 6.07) is 25.5. The average Bonchev–Trinajstić information content (AvgIpc) is 3.33. The molecule has 4 aromatic rings. The number of hydrogen-bond acceptors (Lipinski definition) is 15. The Hall–Kier alpha value is -5.55. The zero-order valence-corrected chi connectivity index (χ0v) is 49.2. The van der Waals surface area contributed by atoms with Gasteiger partial charge < -0.3 is 45.0 Å². The number of pyridine rings is 2. The van der Waals surface area contributed by atoms with Crippen molar-refractivity contribution in [2.75, 3.05) is 50.3 Å². The molecule has 0 saturated heterocycles. The summed E-state index contributed by atoms with van der Waals surface area (Å²) < 4.78 is 42.5. The van der Waals surface area contributed by atoms with Crippen molar-refractivity contribution in [1.82, 2.24) is 21.4 Å². The first kappa shape index (κ1) is 66.5. The number of alkyl halides is 1. The number of esters is 2. The predicted octanol–water partition coefficient (Wildman–Crippen LogP) is 8.01. The van der Waals surface area contributed by atoms with Crippen LogP contribution in [0.2, 0.25) is 0 Å². The summed E-state index contributed by atoms with van der Waals surface area (Å²) in [5.74, 6) is -1.40. The Balaban J connectivity index is 0. The van der Waals surface area contributed by atoms with E-state index in [1.807, 2.05) is 86.6 Å². The Labute approximate surface area is 469 Å². The molecule has 0 bridgehead atoms. The van der Waals surface area contributed by atoms with Crippen LogP contribution in [0.5, 0.6) is 0 Å². The van der Waals surface area contributed by atoms with Gasteiger partial charge in [0.1, 0.15) is 22.8 Å². The molecule has 2 aromatic heterocycles. The van der Waals surface area contributed by atoms with E-state index >= 15 is 0 Å². The van der Waals surface area contributed by atoms with E-state index in [9.17, 15) is 28.8 Å². The van der Waals surface area contributed by atoms with Gasteiger partial charge in [-0.3, -0.25) is 24.2 Å². The molecule has 2 atom stereocenters. The van der Waals surface area contributed by atoms with Gasteiger partial charge in [-0.15, -0.1) is 11.6 Å². The second kappa shape index (κ2) is 37.2. The molecule has 2 heterocycles. The molecule has 405 valence electrons. The molecule has 2 aromatic carbocycles. The molecular formula is C52H75BClN6O13U. The molecule has 0 aliphatic carbocycles. The Morgan fingerprint density at radius 1 is 0.689 bits per heavy atom. The summed E-state index contributed by atoms with van der Waals surface area (Å²) in [4.78, 5) is 82.5. The molecule has 0 saturated carbocycles. The number of nitrogens with one attached hydrogen (secondary N) is 1. The van der Waals surface area contributed by atoms with Gasteiger partial charge in [0.05, 0.1) is 49.0 Å². The molecule has 0 unspecified atom stereocenters. The van der Waals surface area contributed by atoms with Crippen LogP contribution in [0.3, 0.4) is 0 Å². The van der Waals surface area contributed by atoms with Gasteiger partial charge in [0.15, 0.2) is 11.4 Å². The van der Waals surface area contributed by atoms with Gasteiger partial charge in [-0.1, -0.05) is 60.7 Å². The normalized spacial score (nSPS) is 11.4. The molecule has 22 heteroatoms. The van der Waals surface area contributed by atoms with Crippen molar-refractivity contribution in [2.45, 2.75) is 117 Å². The van der Waals surface area contributed by atoms with Crippen LogP contribution in [-0.2, 0) is 60.8 Å². The minimum atomic E-state index is -0.934. The summed E-state index contributed by atoms with van der Waals surface area (Å²) in [6.45, 7) is 15.8. The van der Waals surface area contributed by atoms with E-state index in [0.717, 1.165) is 22.3 Å². The van der Waals surface area contributed by atoms with Gasteiger partial charge in [0, 0.05) is 69.4 Å². The summed E-state index contributed by atoms with van der Waals surface area (Å²) in [5.41, 5.74) is 2.61. The summed E-state index contributed by atoms with van der Waals surface area (Å²) in [5, 5.41) is 10.6. The number of aliphatic carboxylic acids is 1. The number of carboxylic acid groups (broad SMARTS) is 1. The quantitative estimate of drug-likeness (QED) is 0.0309. The molecule has 4 rings (SSSR count). The van der Waals surface area contributed by atoms with Crippen molar-refractivity contribution in [3.05, 3.63) is 120 Å². The van der Waals surface area contributed by atoms with E-state index in [4.69, 9.17) is 43.1 Å². The number of carboxylic acids is 1. The topological polar surface area (TPSA) is 257 Å². The number of methoxy groups -OCH3 is 2. The van der Waals surface area contributed by atoms with Gasteiger partial charge in [0.2, 0.25) is 5.91 Å². The van der Waals surface area contributed by atoms with Crippen molar-refractivity contribution in [3.8, 4) is 0 Å². The van der Waals surface area contributed by atoms with Crippen LogP contribution in [0.1, 0.15) is 89.5 Å². The smallest absolute Gasteiger partial charge is 0.416 e. The third-order valence-electron chi connectivity index (χ3n) is 9.19. The first-order valence-electron chi connectivity index (χ1n) is 24.1. The van der Waals surface area contributed by atoms with Crippen molar-refractivity contribution in [1.29, 1.82) is 2.67 Å². The number of halogens is 1. The maximum absolute atomic E-state index is 12.8. The van der Waals surface area contributed by atoms with Gasteiger partial charge in [0.25, 0.3) is 0 Å². The second-order valence-corrected chi connectivity index (χ2v) is 18.4. The Kier molecular flexibility index (Phi) is 33.4. The van der Waals surface area contributed by atoms with E-state index in [1.165, 1.54) is 24.0 Å². The van der Waals surface area contributed by atoms with Crippen LogP contribution in [0.15, 0.2) is 97.3 Å². The van der Waals surface area contributed by atoms with Crippen molar-refractivity contribution in [3.63, 3.8) is 0 Å². The number of aryl methyl sites for hydroxylation is 2. The fraction of sp³-hybridized carbons (Fsp3) is 0.462. The number of amides is 3. The molecular weight excluding hydrogens is 1200 g/mol. The summed E-state index contributed by atoms with van der Waals surface area (Å²) >= 11 is 5.70. The number of benzene rings is 2. The van der Waals surface area contributed by atoms with Gasteiger partial charge in [-0.2, -0.15) is 0 Å². The van der Waals surface area contributed by atoms with Gasteiger partial charge in [-0.05, 0) is 117 Å². The van der Waals surface area contributed by atoms with Gasteiger partial charge >= 0.3 is 30.1 Å². The number of nitrogens with zero attached hydrogens (tertiary/aromatic N) is 4. The number of hydrogen-bond donors (Lipinski definition) is 3. The van der Waals surface area contributed by atoms with Crippen molar-refractivity contribution >= 4 is 67.6 Å². The van der Waals surface area contributed by atoms with Crippen LogP contribution in [-0.4, -0.2) is 125 Å². The maximum Gasteiger partial charge on any atom is 0.416 e. The van der Waals surface area contributed by atoms with Gasteiger partial charge in [-0.25, -0.2) is 24.4 Å². The van der Waals surface area contributed by atoms with E-state index in [0.29, 0.717) is 46.0 Å². The minimum Gasteiger partial charge on any atom is -0.481 e. The molecule has 74 heavy (non-hydrogen) atoms. The van der Waals surface area contributed by atoms with Crippen LogP contribution in [0.25, 0.3) is 0 Å². The predicted molar refractivity (Wildman–Crippen MR) is 283 cm³/mol. The van der Waals surface area contributed by atoms with Crippen molar-refractivity contribution in [2.24, 2.45) is 0 Å². The number of ether oxygens (including phenoxy) is 6. The minimum absolute atomic E-state index is 0. The molecule has 0 spiro atoms. The molecule has 19 nitrogen and oxygen atoms in total. The fourth-order valence-corrected chi connectivity index (χ4v) is 6.03. The summed E-state index contributed by atoms with van der Waals surface area (Å²) in [6.07, 6.45) is 2.90. The molecule has 0 aliphatic rings. The number of rotatable bonds is 21. The van der Waals surface area contributed by atoms with E-state index in [1.54, 1.807) is 66.1 Å². The first-order chi connectivity index (χ1) is 34.9. The fourth-order valence-electron chi connectivity index (χ4n) is 5.85. The zero-order valence-electron chi connectivity index (χ0n) is 46.3. The second-order valence-electron chi connectivity index (χ2n) is 17.9. The summed E-state index contributed by atoms with van der Waals surface area (Å²) in [7, 11) is 3.06. The average molecular weight is 1280 g/mol.